The number of amides is 1. The fourth-order valence-electron chi connectivity index (χ4n) is 1.49. The summed E-state index contributed by atoms with van der Waals surface area (Å²) in [5.74, 6) is 0. The van der Waals surface area contributed by atoms with Gasteiger partial charge in [0.1, 0.15) is 6.61 Å². The van der Waals surface area contributed by atoms with Crippen molar-refractivity contribution < 1.29 is 28.9 Å². The van der Waals surface area contributed by atoms with Crippen LogP contribution in [0.2, 0.25) is 0 Å². The molecular weight excluding hydrogens is 384 g/mol. The second kappa shape index (κ2) is 16.3. The van der Waals surface area contributed by atoms with Crippen LogP contribution in [0.1, 0.15) is 13.8 Å². The minimum Gasteiger partial charge on any atom is -0.446 e. The molecule has 1 N–H and O–H groups in total. The van der Waals surface area contributed by atoms with Crippen LogP contribution in [-0.2, 0) is 18.9 Å². The monoisotopic (exact) mass is 412 g/mol. The predicted octanol–water partition coefficient (Wildman–Crippen LogP) is 2.96. The van der Waals surface area contributed by atoms with E-state index in [1.165, 1.54) is 0 Å². The molecule has 0 fully saturated rings. The Balaban J connectivity index is 3.51. The van der Waals surface area contributed by atoms with Gasteiger partial charge in [-0.15, -0.1) is 0 Å². The van der Waals surface area contributed by atoms with Crippen molar-refractivity contribution in [2.75, 3.05) is 65.6 Å². The molecule has 0 rings (SSSR count). The molecule has 0 heterocycles. The normalized spacial score (nSPS) is 11.1. The lowest BCUT2D eigenvalue weighted by atomic mass is 10.2. The van der Waals surface area contributed by atoms with Gasteiger partial charge in [0.25, 0.3) is 0 Å². The van der Waals surface area contributed by atoms with Gasteiger partial charge in [-0.2, -0.15) is 5.06 Å². The summed E-state index contributed by atoms with van der Waals surface area (Å²) >= 11 is 0. The highest BCUT2D eigenvalue weighted by Crippen LogP contribution is 2.33. The molecule has 0 aliphatic heterocycles. The molecule has 0 spiro atoms. The minimum atomic E-state index is -0.794. The highest BCUT2D eigenvalue weighted by Gasteiger charge is 2.22. The summed E-state index contributed by atoms with van der Waals surface area (Å²) in [6.07, 6.45) is 1.16. The van der Waals surface area contributed by atoms with E-state index in [9.17, 15) is 10.0 Å². The van der Waals surface area contributed by atoms with Crippen LogP contribution in [0.25, 0.3) is 10.4 Å². The van der Waals surface area contributed by atoms with Gasteiger partial charge < -0.3 is 18.9 Å². The van der Waals surface area contributed by atoms with E-state index in [4.69, 9.17) is 24.5 Å². The fourth-order valence-corrected chi connectivity index (χ4v) is 3.55. The first-order valence-corrected chi connectivity index (χ1v) is 10.6. The quantitative estimate of drug-likeness (QED) is 0.0780. The number of hydrogen-bond donors (Lipinski definition) is 1. The van der Waals surface area contributed by atoms with Crippen molar-refractivity contribution in [2.45, 2.75) is 18.6 Å². The number of rotatable bonds is 16. The summed E-state index contributed by atoms with van der Waals surface area (Å²) in [4.78, 5) is 14.3. The Morgan fingerprint density at radius 2 is 1.73 bits per heavy atom. The van der Waals surface area contributed by atoms with Gasteiger partial charge in [-0.3, -0.25) is 5.21 Å². The number of carbonyl (C=O) groups is 1. The smallest absolute Gasteiger partial charge is 0.433 e. The molecule has 0 aromatic carbocycles. The summed E-state index contributed by atoms with van der Waals surface area (Å²) in [7, 11) is 3.19. The van der Waals surface area contributed by atoms with Crippen LogP contribution in [0, 0.1) is 0 Å². The number of hydrogen-bond acceptors (Lipinski definition) is 9. The Kier molecular flexibility index (Phi) is 15.8. The second-order valence-corrected chi connectivity index (χ2v) is 8.58. The van der Waals surface area contributed by atoms with Crippen molar-refractivity contribution in [1.29, 1.82) is 0 Å². The first-order valence-electron chi connectivity index (χ1n) is 8.02. The highest BCUT2D eigenvalue weighted by atomic mass is 33.1. The molecule has 0 aliphatic rings. The van der Waals surface area contributed by atoms with Gasteiger partial charge >= 0.3 is 6.09 Å². The summed E-state index contributed by atoms with van der Waals surface area (Å²) in [5.41, 5.74) is 8.07. The lowest BCUT2D eigenvalue weighted by molar-refractivity contribution is -0.0894. The average Bonchev–Trinajstić information content (AvgIpc) is 2.60. The van der Waals surface area contributed by atoms with E-state index in [1.807, 2.05) is 20.1 Å². The molecule has 0 bridgehead atoms. The van der Waals surface area contributed by atoms with Crippen molar-refractivity contribution in [3.63, 3.8) is 0 Å². The summed E-state index contributed by atoms with van der Waals surface area (Å²) < 4.78 is 20.5. The molecule has 0 atom stereocenters. The molecular formula is C14H28N4O6S2. The van der Waals surface area contributed by atoms with Crippen molar-refractivity contribution >= 4 is 27.7 Å². The lowest BCUT2D eigenvalue weighted by Crippen LogP contribution is -2.34. The van der Waals surface area contributed by atoms with E-state index < -0.39 is 6.09 Å². The molecule has 10 nitrogen and oxygen atoms in total. The van der Waals surface area contributed by atoms with E-state index in [0.29, 0.717) is 44.6 Å². The molecule has 0 aromatic heterocycles. The van der Waals surface area contributed by atoms with Crippen LogP contribution >= 0.6 is 21.6 Å². The molecule has 0 saturated heterocycles. The number of ether oxygens (including phenoxy) is 4. The summed E-state index contributed by atoms with van der Waals surface area (Å²) in [5, 5.41) is 13.4. The van der Waals surface area contributed by atoms with Gasteiger partial charge in [0.2, 0.25) is 0 Å². The van der Waals surface area contributed by atoms with Crippen molar-refractivity contribution in [1.82, 2.24) is 5.06 Å². The third-order valence-electron chi connectivity index (χ3n) is 2.65. The molecule has 0 aliphatic carbocycles. The SMILES string of the molecule is CSSC(C)(C)COC(=O)N(O)CCOCCOCCOCCN=[N+]=[N-]. The maximum atomic E-state index is 11.6. The first kappa shape index (κ1) is 25.1. The van der Waals surface area contributed by atoms with Crippen LogP contribution in [-0.4, -0.2) is 86.7 Å². The fraction of sp³-hybridized carbons (Fsp3) is 0.929. The Bertz CT molecular complexity index is 424. The topological polar surface area (TPSA) is 126 Å². The molecule has 26 heavy (non-hydrogen) atoms. The van der Waals surface area contributed by atoms with Gasteiger partial charge in [-0.25, -0.2) is 4.79 Å². The van der Waals surface area contributed by atoms with Gasteiger partial charge in [-0.05, 0) is 25.6 Å². The Morgan fingerprint density at radius 1 is 1.15 bits per heavy atom. The van der Waals surface area contributed by atoms with E-state index >= 15 is 0 Å². The first-order chi connectivity index (χ1) is 12.4. The summed E-state index contributed by atoms with van der Waals surface area (Å²) in [6, 6.07) is 0. The molecule has 0 saturated carbocycles. The standard InChI is InChI=1S/C14H28N4O6S2/c1-14(2,26-25-3)12-24-13(19)18(20)5-7-22-9-11-23-10-8-21-6-4-16-17-15/h20H,4-12H2,1-3H3. The second-order valence-electron chi connectivity index (χ2n) is 5.48. The Hall–Kier alpha value is -0.880. The molecule has 12 heteroatoms. The largest absolute Gasteiger partial charge is 0.446 e. The third-order valence-corrected chi connectivity index (χ3v) is 5.24. The maximum Gasteiger partial charge on any atom is 0.433 e. The van der Waals surface area contributed by atoms with Crippen molar-refractivity contribution in [3.8, 4) is 0 Å². The van der Waals surface area contributed by atoms with Crippen molar-refractivity contribution in [3.05, 3.63) is 10.4 Å². The molecule has 0 unspecified atom stereocenters. The zero-order valence-electron chi connectivity index (χ0n) is 15.5. The highest BCUT2D eigenvalue weighted by molar-refractivity contribution is 8.76. The van der Waals surface area contributed by atoms with Crippen LogP contribution in [0.15, 0.2) is 5.11 Å². The Labute approximate surface area is 161 Å². The zero-order chi connectivity index (χ0) is 19.7. The van der Waals surface area contributed by atoms with Gasteiger partial charge in [0, 0.05) is 11.5 Å². The lowest BCUT2D eigenvalue weighted by Gasteiger charge is -2.23. The van der Waals surface area contributed by atoms with Crippen LogP contribution in [0.4, 0.5) is 4.79 Å². The average molecular weight is 413 g/mol. The zero-order valence-corrected chi connectivity index (χ0v) is 17.1. The third kappa shape index (κ3) is 15.4. The number of nitrogens with zero attached hydrogens (tertiary/aromatic N) is 4. The number of azide groups is 1. The van der Waals surface area contributed by atoms with Crippen molar-refractivity contribution in [2.24, 2.45) is 5.11 Å². The number of carbonyl (C=O) groups excluding carboxylic acids is 1. The van der Waals surface area contributed by atoms with Gasteiger partial charge in [0.15, 0.2) is 0 Å². The van der Waals surface area contributed by atoms with E-state index in [1.54, 1.807) is 21.6 Å². The van der Waals surface area contributed by atoms with Crippen LogP contribution in [0.5, 0.6) is 0 Å². The molecule has 152 valence electrons. The van der Waals surface area contributed by atoms with Crippen LogP contribution in [0.3, 0.4) is 0 Å². The Morgan fingerprint density at radius 3 is 2.31 bits per heavy atom. The van der Waals surface area contributed by atoms with E-state index in [2.05, 4.69) is 10.0 Å². The maximum absolute atomic E-state index is 11.6. The minimum absolute atomic E-state index is 0.0114. The van der Waals surface area contributed by atoms with Gasteiger partial charge in [-0.1, -0.05) is 26.7 Å². The van der Waals surface area contributed by atoms with E-state index in [0.717, 1.165) is 0 Å². The van der Waals surface area contributed by atoms with Gasteiger partial charge in [0.05, 0.1) is 50.9 Å². The predicted molar refractivity (Wildman–Crippen MR) is 101 cm³/mol. The molecule has 0 radical (unpaired) electrons. The summed E-state index contributed by atoms with van der Waals surface area (Å²) in [6.45, 7) is 6.47. The molecule has 1 amide bonds. The number of hydroxylamine groups is 2. The molecule has 0 aromatic rings. The van der Waals surface area contributed by atoms with E-state index in [-0.39, 0.29) is 24.5 Å². The van der Waals surface area contributed by atoms with Crippen LogP contribution < -0.4 is 0 Å².